The number of benzene rings is 3. The van der Waals surface area contributed by atoms with Crippen molar-refractivity contribution >= 4 is 31.5 Å². The molecule has 7 rings (SSSR count). The zero-order valence-electron chi connectivity index (χ0n) is 28.0. The summed E-state index contributed by atoms with van der Waals surface area (Å²) in [4.78, 5) is 13.5. The number of hydrogen-bond donors (Lipinski definition) is 0. The molecule has 3 aromatic carbocycles. The molecule has 0 fully saturated rings. The molecule has 5 heteroatoms. The molecule has 3 nitrogen and oxygen atoms in total. The van der Waals surface area contributed by atoms with Crippen molar-refractivity contribution < 1.29 is 20.1 Å². The monoisotopic (exact) mass is 810 g/mol. The number of hydrogen-bond acceptors (Lipinski definition) is 4. The molecule has 0 aliphatic carbocycles. The second kappa shape index (κ2) is 14.4. The second-order valence-corrected chi connectivity index (χ2v) is 14.3. The predicted molar refractivity (Wildman–Crippen MR) is 195 cm³/mol. The molecule has 0 atom stereocenters. The third-order valence-corrected chi connectivity index (χ3v) is 9.38. The van der Waals surface area contributed by atoms with Gasteiger partial charge < -0.3 is 15.0 Å². The van der Waals surface area contributed by atoms with Gasteiger partial charge in [0.1, 0.15) is 0 Å². The summed E-state index contributed by atoms with van der Waals surface area (Å²) in [6, 6.07) is 34.5. The van der Waals surface area contributed by atoms with E-state index in [1.54, 1.807) is 17.5 Å². The van der Waals surface area contributed by atoms with E-state index in [-0.39, 0.29) is 20.1 Å². The summed E-state index contributed by atoms with van der Waals surface area (Å²) < 4.78 is 2.52. The number of aryl methyl sites for hydroxylation is 4. The summed E-state index contributed by atoms with van der Waals surface area (Å²) in [7, 11) is 0. The topological polar surface area (TPSA) is 38.7 Å². The quantitative estimate of drug-likeness (QED) is 0.166. The first kappa shape index (κ1) is 34.3. The molecule has 0 N–H and O–H groups in total. The molecular formula is C42H39IrN3S-2. The molecule has 0 aliphatic rings. The molecule has 0 spiro atoms. The van der Waals surface area contributed by atoms with E-state index >= 15 is 0 Å². The Morgan fingerprint density at radius 2 is 1.45 bits per heavy atom. The maximum absolute atomic E-state index is 4.60. The molecule has 0 aliphatic heterocycles. The van der Waals surface area contributed by atoms with Crippen LogP contribution in [0.2, 0.25) is 0 Å². The van der Waals surface area contributed by atoms with E-state index in [0.717, 1.165) is 34.6 Å². The van der Waals surface area contributed by atoms with Crippen LogP contribution in [0.15, 0.2) is 97.5 Å². The van der Waals surface area contributed by atoms with Gasteiger partial charge in [0.25, 0.3) is 0 Å². The van der Waals surface area contributed by atoms with Gasteiger partial charge in [-0.05, 0) is 76.3 Å². The molecule has 0 amide bonds. The van der Waals surface area contributed by atoms with Crippen molar-refractivity contribution in [1.82, 2.24) is 15.0 Å². The van der Waals surface area contributed by atoms with Crippen LogP contribution in [0.3, 0.4) is 0 Å². The van der Waals surface area contributed by atoms with Crippen molar-refractivity contribution in [3.05, 3.63) is 138 Å². The Labute approximate surface area is 296 Å². The van der Waals surface area contributed by atoms with Gasteiger partial charge in [-0.3, -0.25) is 0 Å². The number of aromatic nitrogens is 3. The van der Waals surface area contributed by atoms with E-state index < -0.39 is 0 Å². The van der Waals surface area contributed by atoms with E-state index in [0.29, 0.717) is 5.41 Å². The second-order valence-electron chi connectivity index (χ2n) is 13.2. The van der Waals surface area contributed by atoms with Gasteiger partial charge in [0.05, 0.1) is 4.70 Å². The maximum atomic E-state index is 4.60. The summed E-state index contributed by atoms with van der Waals surface area (Å²) in [6.07, 6.45) is 6.75. The van der Waals surface area contributed by atoms with Crippen LogP contribution in [0.4, 0.5) is 0 Å². The molecule has 4 aromatic heterocycles. The number of thiophene rings is 1. The zero-order chi connectivity index (χ0) is 32.4. The van der Waals surface area contributed by atoms with Crippen molar-refractivity contribution in [2.45, 2.75) is 54.9 Å². The van der Waals surface area contributed by atoms with Gasteiger partial charge >= 0.3 is 0 Å². The smallest absolute Gasteiger partial charge is 0.0521 e. The van der Waals surface area contributed by atoms with Gasteiger partial charge in [-0.1, -0.05) is 107 Å². The molecule has 0 bridgehead atoms. The first-order valence-corrected chi connectivity index (χ1v) is 16.5. The van der Waals surface area contributed by atoms with Gasteiger partial charge in [0.2, 0.25) is 0 Å². The summed E-state index contributed by atoms with van der Waals surface area (Å²) >= 11 is 1.78. The van der Waals surface area contributed by atoms with Crippen LogP contribution < -0.4 is 0 Å². The first-order chi connectivity index (χ1) is 22.1. The Balaban J connectivity index is 0.000000186. The third-order valence-electron chi connectivity index (χ3n) is 8.26. The summed E-state index contributed by atoms with van der Waals surface area (Å²) in [5.41, 5.74) is 12.8. The molecule has 7 aromatic rings. The Morgan fingerprint density at radius 1 is 0.702 bits per heavy atom. The van der Waals surface area contributed by atoms with E-state index in [1.807, 2.05) is 25.4 Å². The van der Waals surface area contributed by atoms with Crippen molar-refractivity contribution in [3.63, 3.8) is 0 Å². The number of fused-ring (bicyclic) bond motifs is 3. The predicted octanol–water partition coefficient (Wildman–Crippen LogP) is 11.3. The van der Waals surface area contributed by atoms with Gasteiger partial charge in [0.15, 0.2) is 0 Å². The van der Waals surface area contributed by atoms with Crippen LogP contribution in [-0.4, -0.2) is 15.0 Å². The van der Waals surface area contributed by atoms with E-state index in [1.165, 1.54) is 53.6 Å². The minimum absolute atomic E-state index is 0. The summed E-state index contributed by atoms with van der Waals surface area (Å²) in [5, 5.41) is 2.55. The molecule has 47 heavy (non-hydrogen) atoms. The molecular weight excluding hydrogens is 771 g/mol. The minimum Gasteiger partial charge on any atom is -0.357 e. The normalized spacial score (nSPS) is 11.2. The Morgan fingerprint density at radius 3 is 2.17 bits per heavy atom. The van der Waals surface area contributed by atoms with Crippen LogP contribution in [0.5, 0.6) is 0 Å². The molecule has 0 saturated heterocycles. The average Bonchev–Trinajstić information content (AvgIpc) is 3.41. The van der Waals surface area contributed by atoms with Crippen molar-refractivity contribution in [3.8, 4) is 33.6 Å². The van der Waals surface area contributed by atoms with Crippen molar-refractivity contribution in [1.29, 1.82) is 0 Å². The van der Waals surface area contributed by atoms with Crippen LogP contribution in [0, 0.1) is 45.2 Å². The van der Waals surface area contributed by atoms with Crippen LogP contribution >= 0.6 is 11.3 Å². The summed E-state index contributed by atoms with van der Waals surface area (Å²) in [5.74, 6) is 0. The fourth-order valence-corrected chi connectivity index (χ4v) is 6.73. The van der Waals surface area contributed by atoms with E-state index in [4.69, 9.17) is 0 Å². The van der Waals surface area contributed by atoms with Gasteiger partial charge in [-0.15, -0.1) is 58.4 Å². The number of pyridine rings is 3. The fraction of sp³-hybridized carbons (Fsp3) is 0.214. The third kappa shape index (κ3) is 7.93. The Hall–Kier alpha value is -4.02. The van der Waals surface area contributed by atoms with Gasteiger partial charge in [0, 0.05) is 37.2 Å². The van der Waals surface area contributed by atoms with Crippen molar-refractivity contribution in [2.75, 3.05) is 0 Å². The van der Waals surface area contributed by atoms with Crippen molar-refractivity contribution in [2.24, 2.45) is 5.41 Å². The van der Waals surface area contributed by atoms with Gasteiger partial charge in [-0.2, -0.15) is 0 Å². The number of rotatable bonds is 4. The van der Waals surface area contributed by atoms with Crippen LogP contribution in [-0.2, 0) is 26.5 Å². The fourth-order valence-electron chi connectivity index (χ4n) is 5.67. The standard InChI is InChI=1S/C25H28N.C17H11N2S.Ir/c1-17-7-10-22(24-13-18(2)19(3)16-26-24)14-23(17)21-11-8-20(9-12-21)15-25(4,5)6;1-11-12(6-4-8-18-11)15-9-14-13-5-2-3-7-16(13)20-17(14)10-19-15;/h7-9,11-14,16H,15H2,1-6H3;2-5,7-10H,1H3;/q2*-1;. The first-order valence-electron chi connectivity index (χ1n) is 15.7. The average molecular weight is 810 g/mol. The maximum Gasteiger partial charge on any atom is 0.0521 e. The zero-order valence-corrected chi connectivity index (χ0v) is 31.2. The molecule has 1 radical (unpaired) electrons. The Bertz CT molecular complexity index is 2160. The van der Waals surface area contributed by atoms with Crippen LogP contribution in [0.1, 0.15) is 48.7 Å². The largest absolute Gasteiger partial charge is 0.357 e. The van der Waals surface area contributed by atoms with E-state index in [9.17, 15) is 0 Å². The molecule has 0 saturated carbocycles. The number of nitrogens with zero attached hydrogens (tertiary/aromatic N) is 3. The molecule has 0 unspecified atom stereocenters. The van der Waals surface area contributed by atoms with Gasteiger partial charge in [-0.25, -0.2) is 0 Å². The SMILES string of the molecule is Cc1cnc(-c2[c-]cc(C)c(-c3ccc(CC(C)(C)C)cc3)c2)cc1C.Cc1ncc[c-]c1-c1cc2c(cn1)sc1ccccc12.[Ir]. The molecule has 239 valence electrons. The Kier molecular flexibility index (Phi) is 10.5. The van der Waals surface area contributed by atoms with E-state index in [2.05, 4.69) is 141 Å². The van der Waals surface area contributed by atoms with Crippen LogP contribution in [0.25, 0.3) is 53.8 Å². The summed E-state index contributed by atoms with van der Waals surface area (Å²) in [6.45, 7) is 15.2. The minimum atomic E-state index is 0. The molecule has 4 heterocycles.